The molecule has 0 fully saturated rings. The predicted molar refractivity (Wildman–Crippen MR) is 81.8 cm³/mol. The molecule has 0 saturated carbocycles. The molecule has 0 aliphatic carbocycles. The molecule has 0 saturated heterocycles. The van der Waals surface area contributed by atoms with Crippen LogP contribution in [0.2, 0.25) is 0 Å². The Labute approximate surface area is 122 Å². The van der Waals surface area contributed by atoms with E-state index in [-0.39, 0.29) is 11.6 Å². The van der Waals surface area contributed by atoms with E-state index in [1.54, 1.807) is 30.3 Å². The van der Waals surface area contributed by atoms with Crippen molar-refractivity contribution in [1.82, 2.24) is 5.32 Å². The van der Waals surface area contributed by atoms with E-state index in [9.17, 15) is 9.50 Å². The van der Waals surface area contributed by atoms with Crippen molar-refractivity contribution < 1.29 is 9.50 Å². The molecule has 0 spiro atoms. The Morgan fingerprint density at radius 1 is 1.19 bits per heavy atom. The quantitative estimate of drug-likeness (QED) is 0.812. The second kappa shape index (κ2) is 5.83. The van der Waals surface area contributed by atoms with Crippen molar-refractivity contribution >= 4 is 17.2 Å². The molecule has 0 bridgehead atoms. The maximum Gasteiger partial charge on any atom is 0.136 e. The molecule has 5 heteroatoms. The van der Waals surface area contributed by atoms with Crippen molar-refractivity contribution in [1.29, 1.82) is 0 Å². The van der Waals surface area contributed by atoms with Gasteiger partial charge in [0.1, 0.15) is 17.4 Å². The van der Waals surface area contributed by atoms with Gasteiger partial charge in [-0.25, -0.2) is 4.39 Å². The zero-order valence-electron chi connectivity index (χ0n) is 11.4. The van der Waals surface area contributed by atoms with Crippen LogP contribution in [0, 0.1) is 5.82 Å². The molecule has 0 unspecified atom stereocenters. The number of aliphatic imine (C=N–C) groups is 1. The van der Waals surface area contributed by atoms with E-state index in [0.717, 1.165) is 13.0 Å². The Morgan fingerprint density at radius 3 is 2.81 bits per heavy atom. The fourth-order valence-electron chi connectivity index (χ4n) is 2.31. The van der Waals surface area contributed by atoms with Gasteiger partial charge >= 0.3 is 0 Å². The minimum atomic E-state index is -0.326. The molecule has 3 N–H and O–H groups in total. The number of amidine groups is 1. The Balaban J connectivity index is 1.98. The van der Waals surface area contributed by atoms with Crippen molar-refractivity contribution in [2.24, 2.45) is 4.99 Å². The van der Waals surface area contributed by atoms with Gasteiger partial charge in [-0.05, 0) is 30.7 Å². The van der Waals surface area contributed by atoms with E-state index in [4.69, 9.17) is 0 Å². The maximum atomic E-state index is 14.2. The van der Waals surface area contributed by atoms with Gasteiger partial charge in [-0.3, -0.25) is 4.99 Å². The Bertz CT molecular complexity index is 685. The summed E-state index contributed by atoms with van der Waals surface area (Å²) in [4.78, 5) is 4.36. The minimum Gasteiger partial charge on any atom is -0.508 e. The van der Waals surface area contributed by atoms with E-state index in [1.165, 1.54) is 6.07 Å². The Morgan fingerprint density at radius 2 is 2.05 bits per heavy atom. The lowest BCUT2D eigenvalue weighted by Crippen LogP contribution is -2.31. The molecule has 4 nitrogen and oxygen atoms in total. The molecule has 0 radical (unpaired) electrons. The lowest BCUT2D eigenvalue weighted by molar-refractivity contribution is 0.475. The normalized spacial score (nSPS) is 14.2. The fraction of sp³-hybridized carbons (Fsp3) is 0.188. The van der Waals surface area contributed by atoms with Gasteiger partial charge in [0.2, 0.25) is 0 Å². The number of hydrogen-bond donors (Lipinski definition) is 3. The van der Waals surface area contributed by atoms with Crippen molar-refractivity contribution in [2.45, 2.75) is 6.42 Å². The first-order chi connectivity index (χ1) is 10.2. The van der Waals surface area contributed by atoms with Gasteiger partial charge in [0.15, 0.2) is 0 Å². The molecule has 2 aromatic carbocycles. The van der Waals surface area contributed by atoms with Crippen LogP contribution in [0.1, 0.15) is 12.0 Å². The summed E-state index contributed by atoms with van der Waals surface area (Å²) in [5, 5.41) is 15.8. The van der Waals surface area contributed by atoms with Crippen LogP contribution >= 0.6 is 0 Å². The highest BCUT2D eigenvalue weighted by Gasteiger charge is 2.16. The molecule has 1 aliphatic heterocycles. The summed E-state index contributed by atoms with van der Waals surface area (Å²) in [5.74, 6) is 0.404. The van der Waals surface area contributed by atoms with Gasteiger partial charge in [0, 0.05) is 24.8 Å². The van der Waals surface area contributed by atoms with Crippen LogP contribution in [0.3, 0.4) is 0 Å². The highest BCUT2D eigenvalue weighted by molar-refractivity contribution is 6.04. The third-order valence-electron chi connectivity index (χ3n) is 3.27. The van der Waals surface area contributed by atoms with Gasteiger partial charge in [0.05, 0.1) is 11.3 Å². The van der Waals surface area contributed by atoms with E-state index >= 15 is 0 Å². The highest BCUT2D eigenvalue weighted by atomic mass is 19.1. The number of nitrogens with one attached hydrogen (secondary N) is 2. The number of benzene rings is 2. The molecule has 21 heavy (non-hydrogen) atoms. The van der Waals surface area contributed by atoms with Crippen molar-refractivity contribution in [3.05, 3.63) is 53.8 Å². The van der Waals surface area contributed by atoms with Crippen LogP contribution in [-0.4, -0.2) is 24.0 Å². The SMILES string of the molecule is Oc1cccc(Nc2cccc(F)c2C2=NCCCN2)c1. The van der Waals surface area contributed by atoms with Crippen LogP contribution in [0.15, 0.2) is 47.5 Å². The van der Waals surface area contributed by atoms with E-state index in [0.29, 0.717) is 29.3 Å². The van der Waals surface area contributed by atoms with Gasteiger partial charge < -0.3 is 15.7 Å². The number of nitrogens with zero attached hydrogens (tertiary/aromatic N) is 1. The van der Waals surface area contributed by atoms with Gasteiger partial charge in [-0.2, -0.15) is 0 Å². The Kier molecular flexibility index (Phi) is 3.73. The maximum absolute atomic E-state index is 14.2. The minimum absolute atomic E-state index is 0.158. The molecule has 3 rings (SSSR count). The molecular formula is C16H16FN3O. The van der Waals surface area contributed by atoms with E-state index in [2.05, 4.69) is 15.6 Å². The van der Waals surface area contributed by atoms with Crippen molar-refractivity contribution in [3.63, 3.8) is 0 Å². The number of aromatic hydroxyl groups is 1. The van der Waals surface area contributed by atoms with Crippen LogP contribution in [0.5, 0.6) is 5.75 Å². The average molecular weight is 285 g/mol. The third-order valence-corrected chi connectivity index (χ3v) is 3.27. The molecule has 2 aromatic rings. The number of anilines is 2. The molecule has 1 aliphatic rings. The van der Waals surface area contributed by atoms with Crippen LogP contribution in [0.4, 0.5) is 15.8 Å². The predicted octanol–water partition coefficient (Wildman–Crippen LogP) is 3.01. The number of rotatable bonds is 3. The summed E-state index contributed by atoms with van der Waals surface area (Å²) >= 11 is 0. The number of halogens is 1. The van der Waals surface area contributed by atoms with Gasteiger partial charge in [-0.1, -0.05) is 12.1 Å². The summed E-state index contributed by atoms with van der Waals surface area (Å²) in [6.07, 6.45) is 0.952. The van der Waals surface area contributed by atoms with Crippen LogP contribution < -0.4 is 10.6 Å². The summed E-state index contributed by atoms with van der Waals surface area (Å²) in [5.41, 5.74) is 1.74. The lowest BCUT2D eigenvalue weighted by atomic mass is 10.1. The standard InChI is InChI=1S/C16H16FN3O/c17-13-6-2-7-14(15(13)16-18-8-3-9-19-16)20-11-4-1-5-12(21)10-11/h1-2,4-7,10,20-21H,3,8-9H2,(H,18,19). The monoisotopic (exact) mass is 285 g/mol. The van der Waals surface area contributed by atoms with Crippen molar-refractivity contribution in [2.75, 3.05) is 18.4 Å². The van der Waals surface area contributed by atoms with Crippen molar-refractivity contribution in [3.8, 4) is 5.75 Å². The molecule has 0 aromatic heterocycles. The second-order valence-corrected chi connectivity index (χ2v) is 4.85. The van der Waals surface area contributed by atoms with Crippen LogP contribution in [-0.2, 0) is 0 Å². The molecular weight excluding hydrogens is 269 g/mol. The third kappa shape index (κ3) is 2.97. The van der Waals surface area contributed by atoms with E-state index in [1.807, 2.05) is 6.07 Å². The summed E-state index contributed by atoms with van der Waals surface area (Å²) in [6, 6.07) is 11.6. The Hall–Kier alpha value is -2.56. The first-order valence-corrected chi connectivity index (χ1v) is 6.87. The lowest BCUT2D eigenvalue weighted by Gasteiger charge is -2.19. The molecule has 0 amide bonds. The average Bonchev–Trinajstić information content (AvgIpc) is 2.48. The summed E-state index contributed by atoms with van der Waals surface area (Å²) < 4.78 is 14.2. The molecule has 1 heterocycles. The van der Waals surface area contributed by atoms with E-state index < -0.39 is 0 Å². The second-order valence-electron chi connectivity index (χ2n) is 4.85. The van der Waals surface area contributed by atoms with Gasteiger partial charge in [0.25, 0.3) is 0 Å². The zero-order chi connectivity index (χ0) is 14.7. The zero-order valence-corrected chi connectivity index (χ0v) is 11.4. The summed E-state index contributed by atoms with van der Waals surface area (Å²) in [6.45, 7) is 1.49. The number of phenolic OH excluding ortho intramolecular Hbond substituents is 1. The molecule has 0 atom stereocenters. The number of hydrogen-bond acceptors (Lipinski definition) is 4. The van der Waals surface area contributed by atoms with Crippen LogP contribution in [0.25, 0.3) is 0 Å². The first kappa shape index (κ1) is 13.4. The first-order valence-electron chi connectivity index (χ1n) is 6.87. The largest absolute Gasteiger partial charge is 0.508 e. The van der Waals surface area contributed by atoms with Gasteiger partial charge in [-0.15, -0.1) is 0 Å². The molecule has 108 valence electrons. The smallest absolute Gasteiger partial charge is 0.136 e. The summed E-state index contributed by atoms with van der Waals surface area (Å²) in [7, 11) is 0. The number of phenols is 1. The highest BCUT2D eigenvalue weighted by Crippen LogP contribution is 2.26. The topological polar surface area (TPSA) is 56.6 Å². The fourth-order valence-corrected chi connectivity index (χ4v) is 2.31.